The van der Waals surface area contributed by atoms with Crippen LogP contribution >= 0.6 is 0 Å². The molecule has 126 valence electrons. The summed E-state index contributed by atoms with van der Waals surface area (Å²) in [5.74, 6) is 0.134. The van der Waals surface area contributed by atoms with E-state index in [2.05, 4.69) is 5.32 Å². The van der Waals surface area contributed by atoms with Crippen molar-refractivity contribution >= 4 is 17.6 Å². The van der Waals surface area contributed by atoms with Crippen LogP contribution in [0, 0.1) is 0 Å². The quantitative estimate of drug-likeness (QED) is 0.825. The zero-order valence-electron chi connectivity index (χ0n) is 13.7. The summed E-state index contributed by atoms with van der Waals surface area (Å²) in [6.45, 7) is 1.51. The Morgan fingerprint density at radius 3 is 2.25 bits per heavy atom. The van der Waals surface area contributed by atoms with E-state index >= 15 is 0 Å². The summed E-state index contributed by atoms with van der Waals surface area (Å²) in [5, 5.41) is 2.68. The number of ether oxygens (including phenoxy) is 3. The molecule has 0 saturated carbocycles. The van der Waals surface area contributed by atoms with Gasteiger partial charge in [0.1, 0.15) is 11.5 Å². The highest BCUT2D eigenvalue weighted by Crippen LogP contribution is 2.23. The van der Waals surface area contributed by atoms with Crippen LogP contribution in [0.5, 0.6) is 11.5 Å². The van der Waals surface area contributed by atoms with Gasteiger partial charge in [-0.2, -0.15) is 0 Å². The van der Waals surface area contributed by atoms with Crippen LogP contribution in [0.4, 0.5) is 5.69 Å². The van der Waals surface area contributed by atoms with Crippen molar-refractivity contribution < 1.29 is 23.8 Å². The van der Waals surface area contributed by atoms with Gasteiger partial charge in [0.25, 0.3) is 5.91 Å². The lowest BCUT2D eigenvalue weighted by atomic mass is 10.2. The second-order valence-electron chi connectivity index (χ2n) is 4.97. The van der Waals surface area contributed by atoms with Crippen LogP contribution in [-0.4, -0.2) is 32.2 Å². The highest BCUT2D eigenvalue weighted by atomic mass is 16.5. The van der Waals surface area contributed by atoms with Crippen molar-refractivity contribution in [1.82, 2.24) is 0 Å². The Kier molecular flexibility index (Phi) is 5.78. The molecular formula is C18H19NO5. The molecule has 6 nitrogen and oxygen atoms in total. The lowest BCUT2D eigenvalue weighted by Gasteiger charge is -2.15. The molecule has 0 aliphatic rings. The second-order valence-corrected chi connectivity index (χ2v) is 4.97. The normalized spacial score (nSPS) is 11.3. The van der Waals surface area contributed by atoms with Gasteiger partial charge in [0.15, 0.2) is 6.10 Å². The van der Waals surface area contributed by atoms with Crippen LogP contribution in [-0.2, 0) is 9.53 Å². The standard InChI is InChI=1S/C18H19NO5/c1-12(17(20)19-15-6-4-5-7-16(15)23-3)24-18(21)13-8-10-14(22-2)11-9-13/h4-12H,1-3H3,(H,19,20)/t12-/m1/s1. The molecule has 0 aliphatic heterocycles. The van der Waals surface area contributed by atoms with Gasteiger partial charge in [0.05, 0.1) is 25.5 Å². The van der Waals surface area contributed by atoms with Gasteiger partial charge in [-0.15, -0.1) is 0 Å². The average molecular weight is 329 g/mol. The van der Waals surface area contributed by atoms with Crippen molar-refractivity contribution in [2.45, 2.75) is 13.0 Å². The van der Waals surface area contributed by atoms with Crippen LogP contribution in [0.1, 0.15) is 17.3 Å². The zero-order chi connectivity index (χ0) is 17.5. The van der Waals surface area contributed by atoms with Crippen molar-refractivity contribution in [1.29, 1.82) is 0 Å². The highest BCUT2D eigenvalue weighted by Gasteiger charge is 2.20. The molecule has 0 unspecified atom stereocenters. The molecule has 0 bridgehead atoms. The van der Waals surface area contributed by atoms with Gasteiger partial charge in [-0.25, -0.2) is 4.79 Å². The van der Waals surface area contributed by atoms with Crippen molar-refractivity contribution in [3.63, 3.8) is 0 Å². The van der Waals surface area contributed by atoms with E-state index in [-0.39, 0.29) is 0 Å². The molecule has 24 heavy (non-hydrogen) atoms. The summed E-state index contributed by atoms with van der Waals surface area (Å²) in [7, 11) is 3.05. The molecule has 0 saturated heterocycles. The number of amides is 1. The number of benzene rings is 2. The van der Waals surface area contributed by atoms with Crippen molar-refractivity contribution in [2.24, 2.45) is 0 Å². The predicted molar refractivity (Wildman–Crippen MR) is 89.5 cm³/mol. The maximum absolute atomic E-state index is 12.2. The van der Waals surface area contributed by atoms with Crippen molar-refractivity contribution in [3.05, 3.63) is 54.1 Å². The first kappa shape index (κ1) is 17.3. The molecular weight excluding hydrogens is 310 g/mol. The molecule has 6 heteroatoms. The maximum Gasteiger partial charge on any atom is 0.338 e. The van der Waals surface area contributed by atoms with E-state index in [4.69, 9.17) is 14.2 Å². The third-order valence-corrected chi connectivity index (χ3v) is 3.34. The highest BCUT2D eigenvalue weighted by molar-refractivity contribution is 5.98. The van der Waals surface area contributed by atoms with E-state index in [0.717, 1.165) is 0 Å². The summed E-state index contributed by atoms with van der Waals surface area (Å²) in [6.07, 6.45) is -0.954. The van der Waals surface area contributed by atoms with E-state index in [1.165, 1.54) is 21.1 Å². The van der Waals surface area contributed by atoms with E-state index in [0.29, 0.717) is 22.7 Å². The van der Waals surface area contributed by atoms with Gasteiger partial charge in [-0.3, -0.25) is 4.79 Å². The molecule has 0 fully saturated rings. The fourth-order valence-electron chi connectivity index (χ4n) is 1.99. The molecule has 2 aromatic carbocycles. The smallest absolute Gasteiger partial charge is 0.338 e. The Hall–Kier alpha value is -3.02. The third kappa shape index (κ3) is 4.25. The van der Waals surface area contributed by atoms with E-state index in [1.54, 1.807) is 48.5 Å². The van der Waals surface area contributed by atoms with Crippen molar-refractivity contribution in [2.75, 3.05) is 19.5 Å². The van der Waals surface area contributed by atoms with Gasteiger partial charge in [-0.1, -0.05) is 12.1 Å². The summed E-state index contributed by atoms with van der Waals surface area (Å²) in [4.78, 5) is 24.3. The summed E-state index contributed by atoms with van der Waals surface area (Å²) in [5.41, 5.74) is 0.852. The van der Waals surface area contributed by atoms with Crippen LogP contribution in [0.25, 0.3) is 0 Å². The number of para-hydroxylation sites is 2. The van der Waals surface area contributed by atoms with E-state index < -0.39 is 18.0 Å². The Morgan fingerprint density at radius 2 is 1.62 bits per heavy atom. The minimum absolute atomic E-state index is 0.341. The fourth-order valence-corrected chi connectivity index (χ4v) is 1.99. The first-order chi connectivity index (χ1) is 11.5. The van der Waals surface area contributed by atoms with Gasteiger partial charge >= 0.3 is 5.97 Å². The van der Waals surface area contributed by atoms with E-state index in [1.807, 2.05) is 0 Å². The van der Waals surface area contributed by atoms with Gasteiger partial charge in [-0.05, 0) is 43.3 Å². The number of carbonyl (C=O) groups is 2. The predicted octanol–water partition coefficient (Wildman–Crippen LogP) is 2.89. The summed E-state index contributed by atoms with van der Waals surface area (Å²) >= 11 is 0. The van der Waals surface area contributed by atoms with Crippen LogP contribution in [0.15, 0.2) is 48.5 Å². The van der Waals surface area contributed by atoms with Gasteiger partial charge in [0.2, 0.25) is 0 Å². The number of esters is 1. The van der Waals surface area contributed by atoms with Crippen molar-refractivity contribution in [3.8, 4) is 11.5 Å². The Morgan fingerprint density at radius 1 is 0.958 bits per heavy atom. The summed E-state index contributed by atoms with van der Waals surface area (Å²) < 4.78 is 15.4. The average Bonchev–Trinajstić information content (AvgIpc) is 2.62. The van der Waals surface area contributed by atoms with E-state index in [9.17, 15) is 9.59 Å². The Bertz CT molecular complexity index is 712. The lowest BCUT2D eigenvalue weighted by molar-refractivity contribution is -0.123. The molecule has 2 rings (SSSR count). The van der Waals surface area contributed by atoms with Crippen LogP contribution in [0.2, 0.25) is 0 Å². The molecule has 1 atom stereocenters. The van der Waals surface area contributed by atoms with Crippen LogP contribution < -0.4 is 14.8 Å². The molecule has 0 radical (unpaired) electrons. The SMILES string of the molecule is COc1ccc(C(=O)O[C@H](C)C(=O)Nc2ccccc2OC)cc1. The molecule has 0 spiro atoms. The molecule has 2 aromatic rings. The largest absolute Gasteiger partial charge is 0.497 e. The van der Waals surface area contributed by atoms with Gasteiger partial charge < -0.3 is 19.5 Å². The molecule has 1 amide bonds. The number of methoxy groups -OCH3 is 2. The summed E-state index contributed by atoms with van der Waals surface area (Å²) in [6, 6.07) is 13.4. The first-order valence-electron chi connectivity index (χ1n) is 7.34. The first-order valence-corrected chi connectivity index (χ1v) is 7.34. The fraction of sp³-hybridized carbons (Fsp3) is 0.222. The number of anilines is 1. The molecule has 0 aromatic heterocycles. The van der Waals surface area contributed by atoms with Gasteiger partial charge in [0, 0.05) is 0 Å². The van der Waals surface area contributed by atoms with Crippen LogP contribution in [0.3, 0.4) is 0 Å². The minimum atomic E-state index is -0.954. The monoisotopic (exact) mass is 329 g/mol. The number of nitrogens with one attached hydrogen (secondary N) is 1. The molecule has 0 heterocycles. The minimum Gasteiger partial charge on any atom is -0.497 e. The topological polar surface area (TPSA) is 73.9 Å². The number of hydrogen-bond acceptors (Lipinski definition) is 5. The Balaban J connectivity index is 1.98. The molecule has 1 N–H and O–H groups in total. The number of carbonyl (C=O) groups excluding carboxylic acids is 2. The second kappa shape index (κ2) is 8.01. The lowest BCUT2D eigenvalue weighted by Crippen LogP contribution is -2.30. The molecule has 0 aliphatic carbocycles. The zero-order valence-corrected chi connectivity index (χ0v) is 13.7. The Labute approximate surface area is 140 Å². The number of rotatable bonds is 6. The maximum atomic E-state index is 12.2. The number of hydrogen-bond donors (Lipinski definition) is 1. The third-order valence-electron chi connectivity index (χ3n) is 3.34.